The molecular weight excluding hydrogens is 312 g/mol. The van der Waals surface area contributed by atoms with Gasteiger partial charge in [-0.3, -0.25) is 4.79 Å². The van der Waals surface area contributed by atoms with Crippen LogP contribution in [0.4, 0.5) is 10.8 Å². The maximum atomic E-state index is 12.1. The minimum atomic E-state index is -0.317. The Kier molecular flexibility index (Phi) is 3.84. The lowest BCUT2D eigenvalue weighted by atomic mass is 10.2. The van der Waals surface area contributed by atoms with E-state index in [0.717, 1.165) is 0 Å². The summed E-state index contributed by atoms with van der Waals surface area (Å²) in [5.74, 6) is 1.18. The van der Waals surface area contributed by atoms with Crippen molar-refractivity contribution in [1.82, 2.24) is 10.2 Å². The minimum absolute atomic E-state index is 0.132. The van der Waals surface area contributed by atoms with E-state index in [2.05, 4.69) is 15.5 Å². The fourth-order valence-corrected chi connectivity index (χ4v) is 3.47. The van der Waals surface area contributed by atoms with Gasteiger partial charge in [-0.1, -0.05) is 23.1 Å². The predicted octanol–water partition coefficient (Wildman–Crippen LogP) is 1.97. The van der Waals surface area contributed by atoms with Crippen molar-refractivity contribution in [2.45, 2.75) is 16.5 Å². The molecule has 2 aromatic rings. The molecule has 1 aliphatic rings. The number of carbonyl (C=O) groups is 1. The van der Waals surface area contributed by atoms with Gasteiger partial charge in [0.1, 0.15) is 0 Å². The van der Waals surface area contributed by atoms with E-state index in [1.54, 1.807) is 25.1 Å². The Hall–Kier alpha value is -2.00. The van der Waals surface area contributed by atoms with Crippen LogP contribution in [0.2, 0.25) is 0 Å². The zero-order valence-corrected chi connectivity index (χ0v) is 12.7. The number of ether oxygens (including phenoxy) is 2. The maximum Gasteiger partial charge on any atom is 0.237 e. The summed E-state index contributed by atoms with van der Waals surface area (Å²) in [5, 5.41) is 10.5. The molecule has 0 radical (unpaired) electrons. The van der Waals surface area contributed by atoms with E-state index in [-0.39, 0.29) is 18.0 Å². The number of hydrogen-bond acceptors (Lipinski definition) is 8. The van der Waals surface area contributed by atoms with Crippen LogP contribution in [0.25, 0.3) is 0 Å². The Morgan fingerprint density at radius 1 is 1.43 bits per heavy atom. The first kappa shape index (κ1) is 14.0. The van der Waals surface area contributed by atoms with Gasteiger partial charge in [0.2, 0.25) is 17.8 Å². The second-order valence-corrected chi connectivity index (χ2v) is 6.82. The second kappa shape index (κ2) is 5.78. The molecule has 1 aromatic heterocycles. The third-order valence-electron chi connectivity index (χ3n) is 2.71. The van der Waals surface area contributed by atoms with Gasteiger partial charge in [-0.05, 0) is 19.1 Å². The summed E-state index contributed by atoms with van der Waals surface area (Å²) in [6.07, 6.45) is 0. The van der Waals surface area contributed by atoms with Crippen LogP contribution in [0, 0.1) is 0 Å². The third kappa shape index (κ3) is 3.19. The van der Waals surface area contributed by atoms with Crippen molar-refractivity contribution in [3.05, 3.63) is 18.2 Å². The molecule has 110 valence electrons. The van der Waals surface area contributed by atoms with Crippen LogP contribution in [-0.4, -0.2) is 28.1 Å². The second-order valence-electron chi connectivity index (χ2n) is 4.22. The van der Waals surface area contributed by atoms with Gasteiger partial charge >= 0.3 is 0 Å². The van der Waals surface area contributed by atoms with Gasteiger partial charge in [-0.25, -0.2) is 0 Å². The van der Waals surface area contributed by atoms with Crippen molar-refractivity contribution < 1.29 is 14.3 Å². The molecule has 0 unspecified atom stereocenters. The number of thioether (sulfide) groups is 1. The quantitative estimate of drug-likeness (QED) is 0.829. The molecule has 3 rings (SSSR count). The number of carbonyl (C=O) groups excluding carboxylic acids is 1. The molecule has 1 aromatic carbocycles. The largest absolute Gasteiger partial charge is 0.454 e. The number of fused-ring (bicyclic) bond motifs is 1. The molecule has 1 aliphatic heterocycles. The standard InChI is InChI=1S/C12H12N4O3S2/c1-6(20-12-16-15-11(13)21-12)10(17)14-7-2-3-8-9(4-7)19-5-18-8/h2-4,6H,5H2,1H3,(H2,13,15)(H,14,17)/t6-/m0/s1. The maximum absolute atomic E-state index is 12.1. The lowest BCUT2D eigenvalue weighted by Crippen LogP contribution is -2.22. The number of amides is 1. The molecule has 0 bridgehead atoms. The van der Waals surface area contributed by atoms with Crippen LogP contribution in [0.15, 0.2) is 22.5 Å². The first-order chi connectivity index (χ1) is 10.1. The fraction of sp³-hybridized carbons (Fsp3) is 0.250. The van der Waals surface area contributed by atoms with Gasteiger partial charge in [0.05, 0.1) is 5.25 Å². The van der Waals surface area contributed by atoms with E-state index in [4.69, 9.17) is 15.2 Å². The Balaban J connectivity index is 1.63. The summed E-state index contributed by atoms with van der Waals surface area (Å²) < 4.78 is 11.2. The van der Waals surface area contributed by atoms with Gasteiger partial charge in [0, 0.05) is 11.8 Å². The van der Waals surface area contributed by atoms with Crippen molar-refractivity contribution in [2.75, 3.05) is 17.8 Å². The molecule has 0 saturated carbocycles. The van der Waals surface area contributed by atoms with Gasteiger partial charge in [-0.15, -0.1) is 10.2 Å². The molecule has 0 fully saturated rings. The van der Waals surface area contributed by atoms with Crippen molar-refractivity contribution in [3.8, 4) is 11.5 Å². The lowest BCUT2D eigenvalue weighted by molar-refractivity contribution is -0.115. The lowest BCUT2D eigenvalue weighted by Gasteiger charge is -2.10. The Labute approximate surface area is 128 Å². The molecule has 2 heterocycles. The summed E-state index contributed by atoms with van der Waals surface area (Å²) in [6, 6.07) is 5.27. The number of benzene rings is 1. The van der Waals surface area contributed by atoms with E-state index in [1.165, 1.54) is 23.1 Å². The topological polar surface area (TPSA) is 99.4 Å². The highest BCUT2D eigenvalue weighted by Gasteiger charge is 2.19. The summed E-state index contributed by atoms with van der Waals surface area (Å²) in [6.45, 7) is 2.00. The number of rotatable bonds is 4. The molecule has 1 atom stereocenters. The number of nitrogens with two attached hydrogens (primary N) is 1. The Bertz CT molecular complexity index is 676. The van der Waals surface area contributed by atoms with Crippen LogP contribution in [0.3, 0.4) is 0 Å². The summed E-state index contributed by atoms with van der Waals surface area (Å²) in [5.41, 5.74) is 6.17. The monoisotopic (exact) mass is 324 g/mol. The van der Waals surface area contributed by atoms with Crippen LogP contribution in [0.1, 0.15) is 6.92 Å². The van der Waals surface area contributed by atoms with Crippen LogP contribution < -0.4 is 20.5 Å². The summed E-state index contributed by atoms with van der Waals surface area (Å²) >= 11 is 2.57. The number of nitrogen functional groups attached to an aromatic ring is 1. The first-order valence-electron chi connectivity index (χ1n) is 6.08. The van der Waals surface area contributed by atoms with E-state index >= 15 is 0 Å². The third-order valence-corrected chi connectivity index (χ3v) is 4.65. The Morgan fingerprint density at radius 2 is 2.24 bits per heavy atom. The van der Waals surface area contributed by atoms with E-state index < -0.39 is 0 Å². The average Bonchev–Trinajstić information content (AvgIpc) is 3.07. The summed E-state index contributed by atoms with van der Waals surface area (Å²) in [7, 11) is 0. The molecule has 21 heavy (non-hydrogen) atoms. The first-order valence-corrected chi connectivity index (χ1v) is 7.77. The number of aromatic nitrogens is 2. The van der Waals surface area contributed by atoms with Gasteiger partial charge < -0.3 is 20.5 Å². The average molecular weight is 324 g/mol. The normalized spacial score (nSPS) is 14.0. The molecule has 1 amide bonds. The van der Waals surface area contributed by atoms with Gasteiger partial charge in [-0.2, -0.15) is 0 Å². The van der Waals surface area contributed by atoms with Crippen molar-refractivity contribution in [2.24, 2.45) is 0 Å². The molecule has 3 N–H and O–H groups in total. The highest BCUT2D eigenvalue weighted by atomic mass is 32.2. The fourth-order valence-electron chi connectivity index (χ4n) is 1.69. The molecular formula is C12H12N4O3S2. The zero-order chi connectivity index (χ0) is 14.8. The van der Waals surface area contributed by atoms with Crippen LogP contribution >= 0.6 is 23.1 Å². The molecule has 0 saturated heterocycles. The van der Waals surface area contributed by atoms with Crippen molar-refractivity contribution >= 4 is 39.8 Å². The van der Waals surface area contributed by atoms with E-state index in [0.29, 0.717) is 26.7 Å². The van der Waals surface area contributed by atoms with Crippen LogP contribution in [0.5, 0.6) is 11.5 Å². The van der Waals surface area contributed by atoms with E-state index in [9.17, 15) is 4.79 Å². The van der Waals surface area contributed by atoms with Gasteiger partial charge in [0.25, 0.3) is 0 Å². The van der Waals surface area contributed by atoms with Crippen LogP contribution in [-0.2, 0) is 4.79 Å². The molecule has 7 nitrogen and oxygen atoms in total. The number of anilines is 2. The highest BCUT2D eigenvalue weighted by Crippen LogP contribution is 2.34. The predicted molar refractivity (Wildman–Crippen MR) is 80.8 cm³/mol. The molecule has 9 heteroatoms. The smallest absolute Gasteiger partial charge is 0.237 e. The molecule has 0 aliphatic carbocycles. The number of hydrogen-bond donors (Lipinski definition) is 2. The summed E-state index contributed by atoms with van der Waals surface area (Å²) in [4.78, 5) is 12.1. The zero-order valence-electron chi connectivity index (χ0n) is 11.0. The number of nitrogens with zero attached hydrogens (tertiary/aromatic N) is 2. The van der Waals surface area contributed by atoms with Crippen molar-refractivity contribution in [1.29, 1.82) is 0 Å². The minimum Gasteiger partial charge on any atom is -0.454 e. The number of nitrogens with one attached hydrogen (secondary N) is 1. The SMILES string of the molecule is C[C@H](Sc1nnc(N)s1)C(=O)Nc1ccc2c(c1)OCO2. The van der Waals surface area contributed by atoms with Crippen molar-refractivity contribution in [3.63, 3.8) is 0 Å². The highest BCUT2D eigenvalue weighted by molar-refractivity contribution is 8.02. The van der Waals surface area contributed by atoms with E-state index in [1.807, 2.05) is 0 Å². The van der Waals surface area contributed by atoms with Gasteiger partial charge in [0.15, 0.2) is 15.8 Å². The molecule has 0 spiro atoms. The Morgan fingerprint density at radius 3 is 3.00 bits per heavy atom.